The van der Waals surface area contributed by atoms with Crippen LogP contribution in [0.1, 0.15) is 35.9 Å². The molecule has 0 spiro atoms. The highest BCUT2D eigenvalue weighted by atomic mass is 32.1. The fourth-order valence-electron chi connectivity index (χ4n) is 2.61. The molecule has 1 heterocycles. The van der Waals surface area contributed by atoms with Crippen molar-refractivity contribution in [3.63, 3.8) is 0 Å². The Morgan fingerprint density at radius 3 is 2.56 bits per heavy atom. The molecule has 0 aliphatic rings. The first-order valence-electron chi connectivity index (χ1n) is 8.52. The van der Waals surface area contributed by atoms with Crippen molar-refractivity contribution in [3.8, 4) is 17.3 Å². The van der Waals surface area contributed by atoms with Gasteiger partial charge in [0.15, 0.2) is 0 Å². The molecule has 1 aromatic heterocycles. The van der Waals surface area contributed by atoms with Crippen molar-refractivity contribution >= 4 is 23.0 Å². The first kappa shape index (κ1) is 17.1. The van der Waals surface area contributed by atoms with Crippen LogP contribution in [0.15, 0.2) is 60.0 Å². The van der Waals surface area contributed by atoms with Gasteiger partial charge in [0.25, 0.3) is 0 Å². The molecule has 0 saturated carbocycles. The van der Waals surface area contributed by atoms with Crippen molar-refractivity contribution in [2.45, 2.75) is 26.2 Å². The Morgan fingerprint density at radius 2 is 1.88 bits per heavy atom. The second-order valence-electron chi connectivity index (χ2n) is 5.92. The van der Waals surface area contributed by atoms with Crippen molar-refractivity contribution in [2.24, 2.45) is 0 Å². The van der Waals surface area contributed by atoms with Gasteiger partial charge in [0, 0.05) is 10.9 Å². The van der Waals surface area contributed by atoms with Crippen molar-refractivity contribution < 1.29 is 0 Å². The Bertz CT molecular complexity index is 884. The zero-order valence-electron chi connectivity index (χ0n) is 14.3. The van der Waals surface area contributed by atoms with Gasteiger partial charge >= 0.3 is 0 Å². The molecule has 0 aliphatic heterocycles. The Kier molecular flexibility index (Phi) is 5.77. The average Bonchev–Trinajstić information content (AvgIpc) is 3.15. The molecule has 0 bridgehead atoms. The molecule has 0 fully saturated rings. The molecule has 124 valence electrons. The zero-order valence-corrected chi connectivity index (χ0v) is 15.1. The van der Waals surface area contributed by atoms with Gasteiger partial charge in [0.2, 0.25) is 0 Å². The molecule has 2 aromatic carbocycles. The summed E-state index contributed by atoms with van der Waals surface area (Å²) in [7, 11) is 0. The lowest BCUT2D eigenvalue weighted by molar-refractivity contribution is 0.795. The Balaban J connectivity index is 1.82. The summed E-state index contributed by atoms with van der Waals surface area (Å²) in [4.78, 5) is 4.67. The maximum atomic E-state index is 9.49. The molecule has 0 saturated heterocycles. The summed E-state index contributed by atoms with van der Waals surface area (Å²) in [5, 5.41) is 12.3. The van der Waals surface area contributed by atoms with E-state index in [1.54, 1.807) is 0 Å². The number of nitrogens with zero attached hydrogens (tertiary/aromatic N) is 2. The normalized spacial score (nSPS) is 11.3. The Hall–Kier alpha value is -2.70. The Morgan fingerprint density at radius 1 is 1.12 bits per heavy atom. The predicted molar refractivity (Wildman–Crippen MR) is 106 cm³/mol. The van der Waals surface area contributed by atoms with Gasteiger partial charge in [-0.25, -0.2) is 4.98 Å². The van der Waals surface area contributed by atoms with Gasteiger partial charge in [-0.15, -0.1) is 11.3 Å². The van der Waals surface area contributed by atoms with Gasteiger partial charge < -0.3 is 0 Å². The van der Waals surface area contributed by atoms with Gasteiger partial charge in [-0.3, -0.25) is 0 Å². The number of hydrogen-bond donors (Lipinski definition) is 0. The number of benzene rings is 2. The number of unbranched alkanes of at least 4 members (excludes halogenated alkanes) is 1. The third-order valence-electron chi connectivity index (χ3n) is 4.03. The van der Waals surface area contributed by atoms with Crippen LogP contribution in [0.5, 0.6) is 0 Å². The first-order valence-corrected chi connectivity index (χ1v) is 9.40. The molecule has 0 N–H and O–H groups in total. The van der Waals surface area contributed by atoms with E-state index in [0.29, 0.717) is 5.57 Å². The third kappa shape index (κ3) is 4.43. The van der Waals surface area contributed by atoms with Gasteiger partial charge in [0.1, 0.15) is 11.1 Å². The van der Waals surface area contributed by atoms with Gasteiger partial charge in [-0.05, 0) is 30.0 Å². The molecule has 0 atom stereocenters. The number of aryl methyl sites for hydroxylation is 1. The maximum Gasteiger partial charge on any atom is 0.134 e. The zero-order chi connectivity index (χ0) is 17.5. The third-order valence-corrected chi connectivity index (χ3v) is 4.91. The average molecular weight is 344 g/mol. The number of allylic oxidation sites excluding steroid dienone is 1. The lowest BCUT2D eigenvalue weighted by atomic mass is 10.1. The fraction of sp³-hybridized carbons (Fsp3) is 0.182. The molecule has 0 unspecified atom stereocenters. The van der Waals surface area contributed by atoms with E-state index in [1.807, 2.05) is 41.8 Å². The van der Waals surface area contributed by atoms with Crippen LogP contribution < -0.4 is 0 Å². The van der Waals surface area contributed by atoms with E-state index in [4.69, 9.17) is 0 Å². The summed E-state index contributed by atoms with van der Waals surface area (Å²) in [6, 6.07) is 20.7. The highest BCUT2D eigenvalue weighted by Gasteiger charge is 2.09. The van der Waals surface area contributed by atoms with Crippen LogP contribution in [0.3, 0.4) is 0 Å². The minimum atomic E-state index is 0.599. The van der Waals surface area contributed by atoms with Crippen molar-refractivity contribution in [3.05, 3.63) is 76.1 Å². The number of nitriles is 1. The number of rotatable bonds is 6. The molecule has 25 heavy (non-hydrogen) atoms. The van der Waals surface area contributed by atoms with E-state index in [1.165, 1.54) is 29.7 Å². The molecule has 0 radical (unpaired) electrons. The number of aromatic nitrogens is 1. The minimum absolute atomic E-state index is 0.599. The van der Waals surface area contributed by atoms with Gasteiger partial charge in [-0.2, -0.15) is 5.26 Å². The van der Waals surface area contributed by atoms with Crippen LogP contribution in [-0.4, -0.2) is 4.98 Å². The fourth-order valence-corrected chi connectivity index (χ4v) is 3.41. The van der Waals surface area contributed by atoms with Gasteiger partial charge in [-0.1, -0.05) is 67.9 Å². The molecule has 3 heteroatoms. The molecular weight excluding hydrogens is 324 g/mol. The summed E-state index contributed by atoms with van der Waals surface area (Å²) in [5.74, 6) is 0. The largest absolute Gasteiger partial charge is 0.235 e. The summed E-state index contributed by atoms with van der Waals surface area (Å²) in [5.41, 5.74) is 5.00. The van der Waals surface area contributed by atoms with E-state index >= 15 is 0 Å². The monoisotopic (exact) mass is 344 g/mol. The topological polar surface area (TPSA) is 36.7 Å². The highest BCUT2D eigenvalue weighted by molar-refractivity contribution is 7.11. The molecule has 0 amide bonds. The quantitative estimate of drug-likeness (QED) is 0.498. The number of thiazole rings is 1. The minimum Gasteiger partial charge on any atom is -0.235 e. The van der Waals surface area contributed by atoms with Crippen LogP contribution in [0, 0.1) is 11.3 Å². The van der Waals surface area contributed by atoms with E-state index < -0.39 is 0 Å². The number of hydrogen-bond acceptors (Lipinski definition) is 3. The molecular formula is C22H20N2S. The van der Waals surface area contributed by atoms with Crippen LogP contribution in [0.25, 0.3) is 22.9 Å². The van der Waals surface area contributed by atoms with Crippen molar-refractivity contribution in [1.29, 1.82) is 5.26 Å². The smallest absolute Gasteiger partial charge is 0.134 e. The first-order chi connectivity index (χ1) is 12.3. The highest BCUT2D eigenvalue weighted by Crippen LogP contribution is 2.27. The van der Waals surface area contributed by atoms with E-state index in [2.05, 4.69) is 42.2 Å². The maximum absolute atomic E-state index is 9.49. The molecule has 2 nitrogen and oxygen atoms in total. The standard InChI is InChI=1S/C22H20N2S/c1-2-3-7-17-10-12-19(13-11-17)21-16-25-22(24-21)20(15-23)14-18-8-5-4-6-9-18/h4-6,8-14,16H,2-3,7H2,1H3. The molecule has 3 aromatic rings. The summed E-state index contributed by atoms with van der Waals surface area (Å²) < 4.78 is 0. The van der Waals surface area contributed by atoms with Gasteiger partial charge in [0.05, 0.1) is 11.3 Å². The lowest BCUT2D eigenvalue weighted by Crippen LogP contribution is -1.86. The SMILES string of the molecule is CCCCc1ccc(-c2csc(C(C#N)=Cc3ccccc3)n2)cc1. The molecule has 3 rings (SSSR count). The van der Waals surface area contributed by atoms with Crippen LogP contribution in [-0.2, 0) is 6.42 Å². The van der Waals surface area contributed by atoms with Crippen LogP contribution >= 0.6 is 11.3 Å². The predicted octanol–water partition coefficient (Wildman–Crippen LogP) is 6.22. The van der Waals surface area contributed by atoms with E-state index in [0.717, 1.165) is 28.2 Å². The van der Waals surface area contributed by atoms with Crippen LogP contribution in [0.4, 0.5) is 0 Å². The van der Waals surface area contributed by atoms with E-state index in [-0.39, 0.29) is 0 Å². The lowest BCUT2D eigenvalue weighted by Gasteiger charge is -2.01. The van der Waals surface area contributed by atoms with Crippen molar-refractivity contribution in [2.75, 3.05) is 0 Å². The van der Waals surface area contributed by atoms with Crippen LogP contribution in [0.2, 0.25) is 0 Å². The summed E-state index contributed by atoms with van der Waals surface area (Å²) >= 11 is 1.51. The molecule has 0 aliphatic carbocycles. The Labute approximate surface area is 153 Å². The summed E-state index contributed by atoms with van der Waals surface area (Å²) in [6.07, 6.45) is 5.44. The van der Waals surface area contributed by atoms with E-state index in [9.17, 15) is 5.26 Å². The second kappa shape index (κ2) is 8.41. The summed E-state index contributed by atoms with van der Waals surface area (Å²) in [6.45, 7) is 2.21. The second-order valence-corrected chi connectivity index (χ2v) is 6.78. The van der Waals surface area contributed by atoms with Crippen molar-refractivity contribution in [1.82, 2.24) is 4.98 Å².